The Balaban J connectivity index is 2.09. The molecule has 0 amide bonds. The van der Waals surface area contributed by atoms with E-state index in [1.807, 2.05) is 20.8 Å². The number of ketones is 1. The van der Waals surface area contributed by atoms with Crippen molar-refractivity contribution in [1.82, 2.24) is 0 Å². The summed E-state index contributed by atoms with van der Waals surface area (Å²) in [6, 6.07) is 8.53. The third-order valence-electron chi connectivity index (χ3n) is 4.92. The van der Waals surface area contributed by atoms with Crippen LogP contribution in [0.5, 0.6) is 0 Å². The van der Waals surface area contributed by atoms with E-state index in [0.29, 0.717) is 18.1 Å². The normalized spacial score (nSPS) is 16.5. The maximum Gasteiger partial charge on any atom is 0.138 e. The first-order valence-corrected chi connectivity index (χ1v) is 8.70. The molecule has 2 rings (SSSR count). The number of benzene rings is 1. The van der Waals surface area contributed by atoms with Crippen molar-refractivity contribution >= 4 is 11.4 Å². The van der Waals surface area contributed by atoms with Crippen LogP contribution in [-0.2, 0) is 11.2 Å². The molecular formula is C21H30O. The monoisotopic (exact) mass is 298 g/mol. The minimum Gasteiger partial charge on any atom is -0.299 e. The first-order valence-electron chi connectivity index (χ1n) is 8.70. The van der Waals surface area contributed by atoms with E-state index in [1.165, 1.54) is 48.8 Å². The summed E-state index contributed by atoms with van der Waals surface area (Å²) in [5.41, 5.74) is 3.63. The Labute approximate surface area is 135 Å². The molecule has 0 N–H and O–H groups in total. The third-order valence-corrected chi connectivity index (χ3v) is 4.92. The van der Waals surface area contributed by atoms with Crippen molar-refractivity contribution in [3.63, 3.8) is 0 Å². The summed E-state index contributed by atoms with van der Waals surface area (Å²) in [4.78, 5) is 12.2. The molecule has 1 aliphatic carbocycles. The Morgan fingerprint density at radius 1 is 1.14 bits per heavy atom. The van der Waals surface area contributed by atoms with Crippen molar-refractivity contribution in [3.8, 4) is 0 Å². The SMILES string of the molecule is C=C(c1ccccc1CCC(=O)C(C)(C)C)C1CCCCC1. The van der Waals surface area contributed by atoms with Gasteiger partial charge in [-0.05, 0) is 41.9 Å². The van der Waals surface area contributed by atoms with Crippen LogP contribution in [-0.4, -0.2) is 5.78 Å². The summed E-state index contributed by atoms with van der Waals surface area (Å²) >= 11 is 0. The van der Waals surface area contributed by atoms with Crippen LogP contribution in [0.4, 0.5) is 0 Å². The second-order valence-electron chi connectivity index (χ2n) is 7.69. The zero-order valence-corrected chi connectivity index (χ0v) is 14.5. The first-order chi connectivity index (χ1) is 10.4. The number of hydrogen-bond acceptors (Lipinski definition) is 1. The smallest absolute Gasteiger partial charge is 0.138 e. The van der Waals surface area contributed by atoms with Gasteiger partial charge in [-0.1, -0.05) is 70.9 Å². The van der Waals surface area contributed by atoms with E-state index >= 15 is 0 Å². The summed E-state index contributed by atoms with van der Waals surface area (Å²) in [5.74, 6) is 0.971. The lowest BCUT2D eigenvalue weighted by Crippen LogP contribution is -2.20. The molecular weight excluding hydrogens is 268 g/mol. The zero-order chi connectivity index (χ0) is 16.2. The minimum atomic E-state index is -0.241. The van der Waals surface area contributed by atoms with Crippen molar-refractivity contribution in [3.05, 3.63) is 42.0 Å². The van der Waals surface area contributed by atoms with E-state index in [1.54, 1.807) is 0 Å². The average molecular weight is 298 g/mol. The summed E-state index contributed by atoms with van der Waals surface area (Å²) in [6.07, 6.45) is 8.02. The highest BCUT2D eigenvalue weighted by Crippen LogP contribution is 2.35. The second-order valence-corrected chi connectivity index (χ2v) is 7.69. The number of hydrogen-bond donors (Lipinski definition) is 0. The molecule has 0 aromatic heterocycles. The topological polar surface area (TPSA) is 17.1 Å². The van der Waals surface area contributed by atoms with Crippen LogP contribution in [0, 0.1) is 11.3 Å². The lowest BCUT2D eigenvalue weighted by Gasteiger charge is -2.25. The number of rotatable bonds is 5. The highest BCUT2D eigenvalue weighted by atomic mass is 16.1. The summed E-state index contributed by atoms with van der Waals surface area (Å²) in [7, 11) is 0. The van der Waals surface area contributed by atoms with Crippen LogP contribution in [0.15, 0.2) is 30.8 Å². The quantitative estimate of drug-likeness (QED) is 0.668. The minimum absolute atomic E-state index is 0.241. The lowest BCUT2D eigenvalue weighted by atomic mass is 9.79. The fourth-order valence-corrected chi connectivity index (χ4v) is 3.35. The molecule has 0 radical (unpaired) electrons. The standard InChI is InChI=1S/C21H30O/c1-16(17-10-6-5-7-11-17)19-13-9-8-12-18(19)14-15-20(22)21(2,3)4/h8-9,12-13,17H,1,5-7,10-11,14-15H2,2-4H3. The Bertz CT molecular complexity index is 527. The number of aryl methyl sites for hydroxylation is 1. The maximum absolute atomic E-state index is 12.2. The molecule has 1 nitrogen and oxygen atoms in total. The Hall–Kier alpha value is -1.37. The Morgan fingerprint density at radius 2 is 1.77 bits per heavy atom. The Kier molecular flexibility index (Phi) is 5.61. The van der Waals surface area contributed by atoms with Gasteiger partial charge in [-0.25, -0.2) is 0 Å². The van der Waals surface area contributed by atoms with Gasteiger partial charge in [0.05, 0.1) is 0 Å². The molecule has 1 heteroatoms. The molecule has 0 saturated heterocycles. The van der Waals surface area contributed by atoms with Crippen LogP contribution < -0.4 is 0 Å². The predicted molar refractivity (Wildman–Crippen MR) is 94.8 cm³/mol. The van der Waals surface area contributed by atoms with E-state index in [0.717, 1.165) is 6.42 Å². The van der Waals surface area contributed by atoms with Gasteiger partial charge >= 0.3 is 0 Å². The molecule has 0 unspecified atom stereocenters. The van der Waals surface area contributed by atoms with Crippen molar-refractivity contribution < 1.29 is 4.79 Å². The first kappa shape index (κ1) is 17.0. The predicted octanol–water partition coefficient (Wildman–Crippen LogP) is 5.83. The van der Waals surface area contributed by atoms with E-state index < -0.39 is 0 Å². The molecule has 1 aromatic carbocycles. The fraction of sp³-hybridized carbons (Fsp3) is 0.571. The van der Waals surface area contributed by atoms with Crippen molar-refractivity contribution in [2.24, 2.45) is 11.3 Å². The molecule has 1 saturated carbocycles. The van der Waals surface area contributed by atoms with Gasteiger partial charge in [-0.2, -0.15) is 0 Å². The molecule has 120 valence electrons. The highest BCUT2D eigenvalue weighted by molar-refractivity contribution is 5.84. The molecule has 0 heterocycles. The van der Waals surface area contributed by atoms with Gasteiger partial charge in [0.1, 0.15) is 5.78 Å². The molecule has 1 fully saturated rings. The van der Waals surface area contributed by atoms with Crippen molar-refractivity contribution in [2.45, 2.75) is 65.7 Å². The van der Waals surface area contributed by atoms with Crippen LogP contribution in [0.3, 0.4) is 0 Å². The molecule has 0 atom stereocenters. The molecule has 22 heavy (non-hydrogen) atoms. The van der Waals surface area contributed by atoms with Gasteiger partial charge in [0.15, 0.2) is 0 Å². The van der Waals surface area contributed by atoms with Gasteiger partial charge in [0.25, 0.3) is 0 Å². The molecule has 0 spiro atoms. The molecule has 0 aliphatic heterocycles. The average Bonchev–Trinajstić information content (AvgIpc) is 2.52. The largest absolute Gasteiger partial charge is 0.299 e. The number of carbonyl (C=O) groups excluding carboxylic acids is 1. The number of allylic oxidation sites excluding steroid dienone is 1. The van der Waals surface area contributed by atoms with Gasteiger partial charge in [-0.15, -0.1) is 0 Å². The summed E-state index contributed by atoms with van der Waals surface area (Å²) in [5, 5.41) is 0. The molecule has 0 bridgehead atoms. The van der Waals surface area contributed by atoms with Gasteiger partial charge < -0.3 is 0 Å². The van der Waals surface area contributed by atoms with Crippen LogP contribution in [0.2, 0.25) is 0 Å². The number of Topliss-reactive ketones (excluding diaryl/α,β-unsaturated/α-hetero) is 1. The molecule has 1 aromatic rings. The van der Waals surface area contributed by atoms with Gasteiger partial charge in [0, 0.05) is 11.8 Å². The van der Waals surface area contributed by atoms with Crippen LogP contribution in [0.1, 0.15) is 70.4 Å². The lowest BCUT2D eigenvalue weighted by molar-refractivity contribution is -0.126. The Morgan fingerprint density at radius 3 is 2.41 bits per heavy atom. The van der Waals surface area contributed by atoms with E-state index in [4.69, 9.17) is 0 Å². The van der Waals surface area contributed by atoms with Crippen molar-refractivity contribution in [2.75, 3.05) is 0 Å². The summed E-state index contributed by atoms with van der Waals surface area (Å²) < 4.78 is 0. The van der Waals surface area contributed by atoms with Gasteiger partial charge in [-0.3, -0.25) is 4.79 Å². The highest BCUT2D eigenvalue weighted by Gasteiger charge is 2.22. The van der Waals surface area contributed by atoms with Crippen LogP contribution >= 0.6 is 0 Å². The van der Waals surface area contributed by atoms with E-state index in [-0.39, 0.29) is 5.41 Å². The van der Waals surface area contributed by atoms with Gasteiger partial charge in [0.2, 0.25) is 0 Å². The van der Waals surface area contributed by atoms with E-state index in [9.17, 15) is 4.79 Å². The van der Waals surface area contributed by atoms with Crippen molar-refractivity contribution in [1.29, 1.82) is 0 Å². The summed E-state index contributed by atoms with van der Waals surface area (Å²) in [6.45, 7) is 10.4. The zero-order valence-electron chi connectivity index (χ0n) is 14.5. The maximum atomic E-state index is 12.2. The fourth-order valence-electron chi connectivity index (χ4n) is 3.35. The van der Waals surface area contributed by atoms with Crippen LogP contribution in [0.25, 0.3) is 5.57 Å². The second kappa shape index (κ2) is 7.26. The number of carbonyl (C=O) groups is 1. The van der Waals surface area contributed by atoms with E-state index in [2.05, 4.69) is 30.8 Å². The third kappa shape index (κ3) is 4.32. The molecule has 1 aliphatic rings.